The fraction of sp³-hybridized carbons (Fsp3) is 0.625. The summed E-state index contributed by atoms with van der Waals surface area (Å²) in [6, 6.07) is 9.73. The van der Waals surface area contributed by atoms with Crippen LogP contribution in [0, 0.1) is 6.92 Å². The Morgan fingerprint density at radius 2 is 2.00 bits per heavy atom. The number of hydrogen-bond acceptors (Lipinski definition) is 3. The number of hydrogen-bond donors (Lipinski definition) is 1. The maximum Gasteiger partial charge on any atom is 0.0502 e. The topological polar surface area (TPSA) is 29.3 Å². The molecule has 0 spiro atoms. The third kappa shape index (κ3) is 3.15. The molecule has 1 fully saturated rings. The minimum Gasteiger partial charge on any atom is -0.326 e. The van der Waals surface area contributed by atoms with E-state index >= 15 is 0 Å². The molecule has 0 aromatic heterocycles. The molecule has 1 heterocycles. The monoisotopic (exact) mass is 278 g/mol. The molecule has 1 aliphatic rings. The first kappa shape index (κ1) is 14.9. The predicted molar refractivity (Wildman–Crippen MR) is 85.7 cm³/mol. The van der Waals surface area contributed by atoms with Gasteiger partial charge in [-0.05, 0) is 31.9 Å². The van der Waals surface area contributed by atoms with Crippen LogP contribution in [0.15, 0.2) is 24.3 Å². The van der Waals surface area contributed by atoms with E-state index in [1.807, 2.05) is 0 Å². The first-order valence-corrected chi connectivity index (χ1v) is 8.25. The zero-order chi connectivity index (χ0) is 14.0. The van der Waals surface area contributed by atoms with Crippen LogP contribution in [-0.4, -0.2) is 34.5 Å². The largest absolute Gasteiger partial charge is 0.326 e. The molecule has 106 valence electrons. The highest BCUT2D eigenvalue weighted by molar-refractivity contribution is 8.00. The van der Waals surface area contributed by atoms with Crippen LogP contribution >= 0.6 is 11.8 Å². The average molecular weight is 278 g/mol. The summed E-state index contributed by atoms with van der Waals surface area (Å²) in [7, 11) is 0. The molecule has 1 aromatic carbocycles. The molecule has 1 aromatic rings. The Kier molecular flexibility index (Phi) is 4.93. The zero-order valence-electron chi connectivity index (χ0n) is 12.5. The van der Waals surface area contributed by atoms with Crippen molar-refractivity contribution >= 4 is 11.8 Å². The number of aryl methyl sites for hydroxylation is 1. The summed E-state index contributed by atoms with van der Waals surface area (Å²) in [6.45, 7) is 10.1. The lowest BCUT2D eigenvalue weighted by Crippen LogP contribution is -2.51. The van der Waals surface area contributed by atoms with Gasteiger partial charge in [0.05, 0.1) is 6.04 Å². The third-order valence-corrected chi connectivity index (χ3v) is 5.63. The number of rotatable bonds is 3. The highest BCUT2D eigenvalue weighted by atomic mass is 32.2. The van der Waals surface area contributed by atoms with Gasteiger partial charge < -0.3 is 5.73 Å². The molecule has 1 aliphatic heterocycles. The van der Waals surface area contributed by atoms with Crippen molar-refractivity contribution in [2.24, 2.45) is 5.73 Å². The predicted octanol–water partition coefficient (Wildman–Crippen LogP) is 3.21. The Bertz CT molecular complexity index is 419. The maximum absolute atomic E-state index is 6.33. The summed E-state index contributed by atoms with van der Waals surface area (Å²) in [5.41, 5.74) is 9.07. The van der Waals surface area contributed by atoms with Crippen LogP contribution in [0.25, 0.3) is 0 Å². The van der Waals surface area contributed by atoms with Gasteiger partial charge >= 0.3 is 0 Å². The zero-order valence-corrected chi connectivity index (χ0v) is 13.3. The molecule has 2 nitrogen and oxygen atoms in total. The number of thioether (sulfide) groups is 1. The van der Waals surface area contributed by atoms with E-state index in [0.29, 0.717) is 17.3 Å². The number of benzene rings is 1. The van der Waals surface area contributed by atoms with E-state index in [-0.39, 0.29) is 6.04 Å². The first-order chi connectivity index (χ1) is 9.02. The van der Waals surface area contributed by atoms with Crippen LogP contribution in [-0.2, 0) is 0 Å². The van der Waals surface area contributed by atoms with E-state index in [2.05, 4.69) is 68.6 Å². The van der Waals surface area contributed by atoms with Gasteiger partial charge in [0.1, 0.15) is 0 Å². The second-order valence-corrected chi connectivity index (χ2v) is 7.20. The average Bonchev–Trinajstić information content (AvgIpc) is 2.37. The lowest BCUT2D eigenvalue weighted by atomic mass is 9.93. The maximum atomic E-state index is 6.33. The molecule has 0 saturated carbocycles. The summed E-state index contributed by atoms with van der Waals surface area (Å²) in [5, 5.41) is 0.680. The van der Waals surface area contributed by atoms with E-state index < -0.39 is 0 Å². The molecule has 0 aliphatic carbocycles. The van der Waals surface area contributed by atoms with E-state index in [9.17, 15) is 0 Å². The quantitative estimate of drug-likeness (QED) is 0.920. The lowest BCUT2D eigenvalue weighted by Gasteiger charge is -2.44. The van der Waals surface area contributed by atoms with E-state index in [0.717, 1.165) is 6.54 Å². The van der Waals surface area contributed by atoms with E-state index in [1.165, 1.54) is 16.9 Å². The fourth-order valence-corrected chi connectivity index (χ4v) is 4.15. The normalized spacial score (nSPS) is 28.1. The second kappa shape index (κ2) is 6.29. The van der Waals surface area contributed by atoms with Gasteiger partial charge in [-0.1, -0.05) is 31.2 Å². The summed E-state index contributed by atoms with van der Waals surface area (Å²) < 4.78 is 0. The van der Waals surface area contributed by atoms with Crippen molar-refractivity contribution < 1.29 is 0 Å². The van der Waals surface area contributed by atoms with Crippen LogP contribution in [0.1, 0.15) is 37.9 Å². The van der Waals surface area contributed by atoms with Crippen LogP contribution in [0.2, 0.25) is 0 Å². The summed E-state index contributed by atoms with van der Waals surface area (Å²) >= 11 is 2.08. The summed E-state index contributed by atoms with van der Waals surface area (Å²) in [6.07, 6.45) is 0. The molecule has 1 saturated heterocycles. The van der Waals surface area contributed by atoms with Crippen molar-refractivity contribution in [2.75, 3.05) is 12.3 Å². The minimum absolute atomic E-state index is 0.152. The Morgan fingerprint density at radius 3 is 2.63 bits per heavy atom. The van der Waals surface area contributed by atoms with Gasteiger partial charge in [0, 0.05) is 29.6 Å². The Morgan fingerprint density at radius 1 is 1.32 bits per heavy atom. The van der Waals surface area contributed by atoms with Crippen molar-refractivity contribution in [3.8, 4) is 0 Å². The smallest absolute Gasteiger partial charge is 0.0502 e. The minimum atomic E-state index is 0.152. The fourth-order valence-electron chi connectivity index (χ4n) is 3.03. The molecule has 19 heavy (non-hydrogen) atoms. The van der Waals surface area contributed by atoms with Gasteiger partial charge in [-0.15, -0.1) is 0 Å². The molecule has 2 rings (SSSR count). The molecule has 3 heteroatoms. The van der Waals surface area contributed by atoms with Gasteiger partial charge in [0.2, 0.25) is 0 Å². The van der Waals surface area contributed by atoms with Crippen molar-refractivity contribution in [1.29, 1.82) is 0 Å². The molecular weight excluding hydrogens is 252 g/mol. The van der Waals surface area contributed by atoms with Gasteiger partial charge in [-0.25, -0.2) is 0 Å². The second-order valence-electron chi connectivity index (χ2n) is 5.71. The van der Waals surface area contributed by atoms with Gasteiger partial charge in [0.25, 0.3) is 0 Å². The van der Waals surface area contributed by atoms with E-state index in [4.69, 9.17) is 5.73 Å². The molecule has 4 unspecified atom stereocenters. The third-order valence-electron chi connectivity index (χ3n) is 4.30. The van der Waals surface area contributed by atoms with Crippen LogP contribution in [0.3, 0.4) is 0 Å². The van der Waals surface area contributed by atoms with Crippen molar-refractivity contribution in [1.82, 2.24) is 4.90 Å². The summed E-state index contributed by atoms with van der Waals surface area (Å²) in [5.74, 6) is 1.21. The highest BCUT2D eigenvalue weighted by Gasteiger charge is 2.33. The van der Waals surface area contributed by atoms with Crippen LogP contribution < -0.4 is 5.73 Å². The highest BCUT2D eigenvalue weighted by Crippen LogP contribution is 2.34. The molecule has 0 amide bonds. The van der Waals surface area contributed by atoms with Crippen LogP contribution in [0.5, 0.6) is 0 Å². The number of nitrogens with zero attached hydrogens (tertiary/aromatic N) is 1. The Labute approximate surface area is 121 Å². The first-order valence-electron chi connectivity index (χ1n) is 7.21. The Hall–Kier alpha value is -0.510. The van der Waals surface area contributed by atoms with Gasteiger partial charge in [0.15, 0.2) is 0 Å². The standard InChI is InChI=1S/C16H26N2S/c1-11-7-5-6-8-15(11)16(12(2)17)18-9-10-19-14(4)13(18)3/h5-8,12-14,16H,9-10,17H2,1-4H3. The SMILES string of the molecule is Cc1ccccc1C(C(C)N)N1CCSC(C)C1C. The molecular formula is C16H26N2S. The molecule has 4 atom stereocenters. The van der Waals surface area contributed by atoms with Crippen molar-refractivity contribution in [3.63, 3.8) is 0 Å². The summed E-state index contributed by atoms with van der Waals surface area (Å²) in [4.78, 5) is 2.61. The van der Waals surface area contributed by atoms with Crippen molar-refractivity contribution in [3.05, 3.63) is 35.4 Å². The van der Waals surface area contributed by atoms with Crippen LogP contribution in [0.4, 0.5) is 0 Å². The van der Waals surface area contributed by atoms with Gasteiger partial charge in [-0.2, -0.15) is 11.8 Å². The van der Waals surface area contributed by atoms with E-state index in [1.54, 1.807) is 0 Å². The number of nitrogens with two attached hydrogens (primary N) is 1. The van der Waals surface area contributed by atoms with Gasteiger partial charge in [-0.3, -0.25) is 4.90 Å². The molecule has 0 bridgehead atoms. The van der Waals surface area contributed by atoms with Crippen molar-refractivity contribution in [2.45, 2.75) is 51.1 Å². The lowest BCUT2D eigenvalue weighted by molar-refractivity contribution is 0.130. The molecule has 0 radical (unpaired) electrons. The molecule has 2 N–H and O–H groups in total. The Balaban J connectivity index is 2.33.